The molecule has 110 valence electrons. The van der Waals surface area contributed by atoms with E-state index in [4.69, 9.17) is 5.73 Å². The summed E-state index contributed by atoms with van der Waals surface area (Å²) in [6.45, 7) is 2.85. The number of benzene rings is 2. The zero-order valence-electron chi connectivity index (χ0n) is 12.2. The van der Waals surface area contributed by atoms with Gasteiger partial charge in [0, 0.05) is 17.6 Å². The van der Waals surface area contributed by atoms with Gasteiger partial charge in [0.1, 0.15) is 0 Å². The van der Waals surface area contributed by atoms with Crippen molar-refractivity contribution in [1.29, 1.82) is 0 Å². The molecule has 0 amide bonds. The van der Waals surface area contributed by atoms with Crippen LogP contribution in [0.4, 0.5) is 5.69 Å². The number of fused-ring (bicyclic) bond motifs is 1. The summed E-state index contributed by atoms with van der Waals surface area (Å²) in [6, 6.07) is 15.4. The Morgan fingerprint density at radius 2 is 1.67 bits per heavy atom. The average Bonchev–Trinajstić information content (AvgIpc) is 2.71. The summed E-state index contributed by atoms with van der Waals surface area (Å²) in [7, 11) is 0. The minimum absolute atomic E-state index is 0.699. The average molecular weight is 345 g/mol. The van der Waals surface area contributed by atoms with Gasteiger partial charge in [0.15, 0.2) is 0 Å². The van der Waals surface area contributed by atoms with Gasteiger partial charge in [-0.05, 0) is 70.6 Å². The van der Waals surface area contributed by atoms with Gasteiger partial charge in [0.05, 0.1) is 5.69 Å². The van der Waals surface area contributed by atoms with Gasteiger partial charge >= 0.3 is 0 Å². The van der Waals surface area contributed by atoms with Gasteiger partial charge in [-0.3, -0.25) is 0 Å². The summed E-state index contributed by atoms with van der Waals surface area (Å²) in [5.74, 6) is 0. The number of rotatable bonds is 3. The summed E-state index contributed by atoms with van der Waals surface area (Å²) in [4.78, 5) is 2.48. The van der Waals surface area contributed by atoms with Crippen molar-refractivity contribution in [3.8, 4) is 0 Å². The number of halogens is 1. The predicted molar refractivity (Wildman–Crippen MR) is 93.0 cm³/mol. The highest BCUT2D eigenvalue weighted by atomic mass is 79.9. The van der Waals surface area contributed by atoms with Crippen LogP contribution in [-0.4, -0.2) is 19.6 Å². The molecule has 2 N–H and O–H groups in total. The number of nitrogens with zero attached hydrogens (tertiary/aromatic N) is 1. The molecule has 1 heterocycles. The maximum absolute atomic E-state index is 5.64. The fraction of sp³-hybridized carbons (Fsp3) is 0.333. The van der Waals surface area contributed by atoms with Gasteiger partial charge in [-0.2, -0.15) is 0 Å². The standard InChI is InChI=1S/C18H21BrN2/c19-17-13-14(7-10-20)5-6-18(17)21-11-8-15-3-1-2-4-16(15)9-12-21/h1-6,13H,7-12,20H2. The number of nitrogens with two attached hydrogens (primary N) is 1. The van der Waals surface area contributed by atoms with Crippen molar-refractivity contribution < 1.29 is 0 Å². The fourth-order valence-corrected chi connectivity index (χ4v) is 3.71. The van der Waals surface area contributed by atoms with Crippen LogP contribution in [0, 0.1) is 0 Å². The van der Waals surface area contributed by atoms with Gasteiger partial charge in [0.2, 0.25) is 0 Å². The second kappa shape index (κ2) is 6.63. The van der Waals surface area contributed by atoms with E-state index in [1.807, 2.05) is 0 Å². The molecule has 3 rings (SSSR count). The van der Waals surface area contributed by atoms with Crippen molar-refractivity contribution in [2.45, 2.75) is 19.3 Å². The molecule has 0 radical (unpaired) electrons. The van der Waals surface area contributed by atoms with Crippen LogP contribution >= 0.6 is 15.9 Å². The van der Waals surface area contributed by atoms with Crippen LogP contribution in [0.2, 0.25) is 0 Å². The van der Waals surface area contributed by atoms with E-state index in [-0.39, 0.29) is 0 Å². The van der Waals surface area contributed by atoms with Gasteiger partial charge in [-0.1, -0.05) is 30.3 Å². The van der Waals surface area contributed by atoms with Gasteiger partial charge in [-0.15, -0.1) is 0 Å². The molecule has 3 heteroatoms. The Labute approximate surface area is 135 Å². The van der Waals surface area contributed by atoms with Crippen LogP contribution in [0.3, 0.4) is 0 Å². The molecule has 1 aliphatic rings. The highest BCUT2D eigenvalue weighted by molar-refractivity contribution is 9.10. The van der Waals surface area contributed by atoms with Crippen LogP contribution < -0.4 is 10.6 Å². The zero-order valence-corrected chi connectivity index (χ0v) is 13.8. The lowest BCUT2D eigenvalue weighted by atomic mass is 10.0. The maximum atomic E-state index is 5.64. The summed E-state index contributed by atoms with van der Waals surface area (Å²) in [5, 5.41) is 0. The van der Waals surface area contributed by atoms with Crippen LogP contribution in [0.5, 0.6) is 0 Å². The van der Waals surface area contributed by atoms with Crippen LogP contribution in [-0.2, 0) is 19.3 Å². The monoisotopic (exact) mass is 344 g/mol. The Morgan fingerprint density at radius 3 is 2.24 bits per heavy atom. The van der Waals surface area contributed by atoms with Crippen LogP contribution in [0.15, 0.2) is 46.9 Å². The third-order valence-corrected chi connectivity index (χ3v) is 4.84. The SMILES string of the molecule is NCCc1ccc(N2CCc3ccccc3CC2)c(Br)c1. The second-order valence-electron chi connectivity index (χ2n) is 5.58. The quantitative estimate of drug-likeness (QED) is 0.922. The first kappa shape index (κ1) is 14.6. The normalized spacial score (nSPS) is 14.7. The molecule has 0 saturated heterocycles. The molecule has 0 aromatic heterocycles. The number of hydrogen-bond acceptors (Lipinski definition) is 2. The van der Waals surface area contributed by atoms with Crippen LogP contribution in [0.1, 0.15) is 16.7 Å². The molecule has 2 nitrogen and oxygen atoms in total. The molecule has 0 unspecified atom stereocenters. The summed E-state index contributed by atoms with van der Waals surface area (Å²) in [5.41, 5.74) is 11.2. The third kappa shape index (κ3) is 3.30. The van der Waals surface area contributed by atoms with E-state index in [2.05, 4.69) is 63.3 Å². The highest BCUT2D eigenvalue weighted by Crippen LogP contribution is 2.29. The molecular formula is C18H21BrN2. The van der Waals surface area contributed by atoms with E-state index in [1.54, 1.807) is 0 Å². The van der Waals surface area contributed by atoms with Crippen LogP contribution in [0.25, 0.3) is 0 Å². The fourth-order valence-electron chi connectivity index (χ4n) is 3.04. The van der Waals surface area contributed by atoms with E-state index in [9.17, 15) is 0 Å². The molecule has 2 aromatic carbocycles. The van der Waals surface area contributed by atoms with Crippen molar-refractivity contribution in [1.82, 2.24) is 0 Å². The van der Waals surface area contributed by atoms with Crippen molar-refractivity contribution in [2.75, 3.05) is 24.5 Å². The second-order valence-corrected chi connectivity index (χ2v) is 6.43. The van der Waals surface area contributed by atoms with Crippen molar-refractivity contribution in [3.63, 3.8) is 0 Å². The predicted octanol–water partition coefficient (Wildman–Crippen LogP) is 3.56. The van der Waals surface area contributed by atoms with Crippen molar-refractivity contribution in [3.05, 3.63) is 63.6 Å². The Kier molecular flexibility index (Phi) is 4.61. The first-order valence-electron chi connectivity index (χ1n) is 7.58. The Bertz CT molecular complexity index is 597. The van der Waals surface area contributed by atoms with E-state index >= 15 is 0 Å². The lowest BCUT2D eigenvalue weighted by molar-refractivity contribution is 0.803. The van der Waals surface area contributed by atoms with E-state index in [1.165, 1.54) is 26.9 Å². The summed E-state index contributed by atoms with van der Waals surface area (Å²) < 4.78 is 1.18. The van der Waals surface area contributed by atoms with Gasteiger partial charge in [0.25, 0.3) is 0 Å². The molecular weight excluding hydrogens is 324 g/mol. The summed E-state index contributed by atoms with van der Waals surface area (Å²) >= 11 is 3.73. The molecule has 1 aliphatic heterocycles. The lowest BCUT2D eigenvalue weighted by Crippen LogP contribution is -2.26. The first-order valence-corrected chi connectivity index (χ1v) is 8.37. The van der Waals surface area contributed by atoms with E-state index in [0.717, 1.165) is 32.4 Å². The van der Waals surface area contributed by atoms with Crippen molar-refractivity contribution in [2.24, 2.45) is 5.73 Å². The van der Waals surface area contributed by atoms with E-state index in [0.29, 0.717) is 6.54 Å². The highest BCUT2D eigenvalue weighted by Gasteiger charge is 2.15. The van der Waals surface area contributed by atoms with Crippen molar-refractivity contribution >= 4 is 21.6 Å². The smallest absolute Gasteiger partial charge is 0.0511 e. The lowest BCUT2D eigenvalue weighted by Gasteiger charge is -2.24. The largest absolute Gasteiger partial charge is 0.370 e. The Balaban J connectivity index is 1.79. The van der Waals surface area contributed by atoms with E-state index < -0.39 is 0 Å². The van der Waals surface area contributed by atoms with Gasteiger partial charge < -0.3 is 10.6 Å². The molecule has 0 atom stereocenters. The topological polar surface area (TPSA) is 29.3 Å². The Hall–Kier alpha value is -1.32. The minimum atomic E-state index is 0.699. The molecule has 2 aromatic rings. The zero-order chi connectivity index (χ0) is 14.7. The third-order valence-electron chi connectivity index (χ3n) is 4.21. The molecule has 0 bridgehead atoms. The molecule has 0 fully saturated rings. The Morgan fingerprint density at radius 1 is 1.00 bits per heavy atom. The number of anilines is 1. The molecule has 0 aliphatic carbocycles. The summed E-state index contributed by atoms with van der Waals surface area (Å²) in [6.07, 6.45) is 3.17. The maximum Gasteiger partial charge on any atom is 0.0511 e. The minimum Gasteiger partial charge on any atom is -0.370 e. The molecule has 0 spiro atoms. The number of hydrogen-bond donors (Lipinski definition) is 1. The van der Waals surface area contributed by atoms with Gasteiger partial charge in [-0.25, -0.2) is 0 Å². The first-order chi connectivity index (χ1) is 10.3. The molecule has 0 saturated carbocycles. The molecule has 21 heavy (non-hydrogen) atoms.